The molecule has 1 unspecified atom stereocenters. The first-order valence-electron chi connectivity index (χ1n) is 8.90. The summed E-state index contributed by atoms with van der Waals surface area (Å²) in [5, 5.41) is 14.5. The highest BCUT2D eigenvalue weighted by Gasteiger charge is 2.31. The van der Waals surface area contributed by atoms with Gasteiger partial charge in [0, 0.05) is 31.5 Å². The number of nitrogens with zero attached hydrogens (tertiary/aromatic N) is 3. The van der Waals surface area contributed by atoms with Crippen LogP contribution in [0.25, 0.3) is 0 Å². The van der Waals surface area contributed by atoms with E-state index in [-0.39, 0.29) is 17.9 Å². The third kappa shape index (κ3) is 3.81. The fourth-order valence-electron chi connectivity index (χ4n) is 3.32. The molecule has 0 spiro atoms. The van der Waals surface area contributed by atoms with Crippen molar-refractivity contribution >= 4 is 6.03 Å². The fourth-order valence-corrected chi connectivity index (χ4v) is 3.32. The molecule has 25 heavy (non-hydrogen) atoms. The largest absolute Gasteiger partial charge is 0.335 e. The number of aryl methyl sites for hydroxylation is 1. The summed E-state index contributed by atoms with van der Waals surface area (Å²) in [6, 6.07) is 6.08. The number of urea groups is 1. The first kappa shape index (κ1) is 16.1. The molecule has 1 saturated carbocycles. The molecule has 2 N–H and O–H groups in total. The molecule has 7 heteroatoms. The minimum atomic E-state index is -0.274. The van der Waals surface area contributed by atoms with Gasteiger partial charge in [-0.25, -0.2) is 9.18 Å². The third-order valence-corrected chi connectivity index (χ3v) is 4.92. The Balaban J connectivity index is 1.28. The van der Waals surface area contributed by atoms with Gasteiger partial charge in [0.2, 0.25) is 0 Å². The molecule has 0 radical (unpaired) electrons. The minimum absolute atomic E-state index is 0.127. The zero-order valence-corrected chi connectivity index (χ0v) is 14.0. The monoisotopic (exact) mass is 343 g/mol. The van der Waals surface area contributed by atoms with Crippen LogP contribution in [0.15, 0.2) is 24.3 Å². The van der Waals surface area contributed by atoms with Crippen LogP contribution in [-0.4, -0.2) is 26.8 Å². The fraction of sp³-hybridized carbons (Fsp3) is 0.500. The summed E-state index contributed by atoms with van der Waals surface area (Å²) < 4.78 is 15.1. The van der Waals surface area contributed by atoms with E-state index in [1.807, 2.05) is 0 Å². The molecule has 2 aromatic rings. The van der Waals surface area contributed by atoms with Crippen molar-refractivity contribution in [3.05, 3.63) is 47.3 Å². The maximum atomic E-state index is 12.9. The van der Waals surface area contributed by atoms with E-state index in [9.17, 15) is 9.18 Å². The van der Waals surface area contributed by atoms with E-state index in [0.717, 1.165) is 43.0 Å². The highest BCUT2D eigenvalue weighted by molar-refractivity contribution is 5.74. The molecule has 4 rings (SSSR count). The first-order chi connectivity index (χ1) is 12.2. The molecule has 0 saturated heterocycles. The maximum Gasteiger partial charge on any atom is 0.315 e. The van der Waals surface area contributed by atoms with Crippen LogP contribution in [0, 0.1) is 5.82 Å². The molecule has 1 aromatic heterocycles. The van der Waals surface area contributed by atoms with Gasteiger partial charge in [-0.1, -0.05) is 12.1 Å². The second-order valence-electron chi connectivity index (χ2n) is 6.88. The van der Waals surface area contributed by atoms with Gasteiger partial charge < -0.3 is 15.2 Å². The van der Waals surface area contributed by atoms with Crippen LogP contribution in [0.4, 0.5) is 9.18 Å². The Hall–Kier alpha value is -2.44. The van der Waals surface area contributed by atoms with E-state index in [1.54, 1.807) is 12.1 Å². The van der Waals surface area contributed by atoms with E-state index >= 15 is 0 Å². The van der Waals surface area contributed by atoms with Gasteiger partial charge in [-0.15, -0.1) is 10.2 Å². The van der Waals surface area contributed by atoms with E-state index in [4.69, 9.17) is 0 Å². The SMILES string of the molecule is O=C(NCc1ccc(F)cc1)NC1CCc2nnc(C3CC3)n2CC1. The van der Waals surface area contributed by atoms with Crippen molar-refractivity contribution in [2.24, 2.45) is 0 Å². The smallest absolute Gasteiger partial charge is 0.315 e. The maximum absolute atomic E-state index is 12.9. The second kappa shape index (κ2) is 6.82. The Bertz CT molecular complexity index is 753. The zero-order chi connectivity index (χ0) is 17.2. The number of carbonyl (C=O) groups is 1. The summed E-state index contributed by atoms with van der Waals surface area (Å²) in [5.41, 5.74) is 0.873. The number of benzene rings is 1. The molecule has 2 amide bonds. The standard InChI is InChI=1S/C18H22FN5O/c19-14-5-1-12(2-6-14)11-20-18(25)21-15-7-8-16-22-23-17(13-3-4-13)24(16)10-9-15/h1-2,5-6,13,15H,3-4,7-11H2,(H2,20,21,25). The minimum Gasteiger partial charge on any atom is -0.335 e. The van der Waals surface area contributed by atoms with Crippen LogP contribution in [0.3, 0.4) is 0 Å². The van der Waals surface area contributed by atoms with Crippen LogP contribution in [0.2, 0.25) is 0 Å². The lowest BCUT2D eigenvalue weighted by Gasteiger charge is -2.17. The Kier molecular flexibility index (Phi) is 4.38. The normalized spacial score (nSPS) is 19.8. The van der Waals surface area contributed by atoms with Crippen LogP contribution in [0.1, 0.15) is 48.8 Å². The lowest BCUT2D eigenvalue weighted by Crippen LogP contribution is -2.42. The predicted octanol–water partition coefficient (Wildman–Crippen LogP) is 2.50. The van der Waals surface area contributed by atoms with Crippen molar-refractivity contribution in [2.75, 3.05) is 0 Å². The molecular formula is C18H22FN5O. The van der Waals surface area contributed by atoms with Crippen molar-refractivity contribution in [3.63, 3.8) is 0 Å². The number of halogens is 1. The summed E-state index contributed by atoms with van der Waals surface area (Å²) in [6.07, 6.45) is 5.02. The highest BCUT2D eigenvalue weighted by atomic mass is 19.1. The zero-order valence-electron chi connectivity index (χ0n) is 14.0. The Morgan fingerprint density at radius 1 is 1.16 bits per heavy atom. The van der Waals surface area contributed by atoms with E-state index in [0.29, 0.717) is 12.5 Å². The quantitative estimate of drug-likeness (QED) is 0.896. The number of hydrogen-bond acceptors (Lipinski definition) is 3. The van der Waals surface area contributed by atoms with Crippen molar-refractivity contribution < 1.29 is 9.18 Å². The van der Waals surface area contributed by atoms with Gasteiger partial charge in [0.1, 0.15) is 17.5 Å². The Morgan fingerprint density at radius 2 is 1.96 bits per heavy atom. The summed E-state index contributed by atoms with van der Waals surface area (Å²) in [4.78, 5) is 12.1. The second-order valence-corrected chi connectivity index (χ2v) is 6.88. The molecular weight excluding hydrogens is 321 g/mol. The van der Waals surface area contributed by atoms with Crippen LogP contribution in [0.5, 0.6) is 0 Å². The van der Waals surface area contributed by atoms with E-state index in [1.165, 1.54) is 25.0 Å². The van der Waals surface area contributed by atoms with Crippen molar-refractivity contribution in [1.29, 1.82) is 0 Å². The molecule has 132 valence electrons. The van der Waals surface area contributed by atoms with Crippen LogP contribution >= 0.6 is 0 Å². The van der Waals surface area contributed by atoms with Crippen molar-refractivity contribution in [2.45, 2.75) is 57.2 Å². The average molecular weight is 343 g/mol. The molecule has 6 nitrogen and oxygen atoms in total. The third-order valence-electron chi connectivity index (χ3n) is 4.92. The van der Waals surface area contributed by atoms with Crippen LogP contribution in [-0.2, 0) is 19.5 Å². The molecule has 0 bridgehead atoms. The van der Waals surface area contributed by atoms with Gasteiger partial charge in [-0.2, -0.15) is 0 Å². The number of fused-ring (bicyclic) bond motifs is 1. The number of hydrogen-bond donors (Lipinski definition) is 2. The topological polar surface area (TPSA) is 71.8 Å². The molecule has 1 aromatic carbocycles. The van der Waals surface area contributed by atoms with E-state index in [2.05, 4.69) is 25.4 Å². The molecule has 1 aliphatic heterocycles. The molecule has 1 fully saturated rings. The Morgan fingerprint density at radius 3 is 2.72 bits per heavy atom. The number of rotatable bonds is 4. The average Bonchev–Trinajstić information content (AvgIpc) is 3.40. The Labute approximate surface area is 145 Å². The van der Waals surface area contributed by atoms with E-state index < -0.39 is 0 Å². The number of carbonyl (C=O) groups excluding carboxylic acids is 1. The van der Waals surface area contributed by atoms with Gasteiger partial charge in [-0.05, 0) is 43.4 Å². The summed E-state index contributed by atoms with van der Waals surface area (Å²) >= 11 is 0. The molecule has 2 heterocycles. The predicted molar refractivity (Wildman–Crippen MR) is 90.5 cm³/mol. The molecule has 1 atom stereocenters. The first-order valence-corrected chi connectivity index (χ1v) is 8.90. The summed E-state index contributed by atoms with van der Waals surface area (Å²) in [6.45, 7) is 1.24. The lowest BCUT2D eigenvalue weighted by atomic mass is 10.1. The summed E-state index contributed by atoms with van der Waals surface area (Å²) in [5.74, 6) is 2.48. The van der Waals surface area contributed by atoms with Gasteiger partial charge in [0.25, 0.3) is 0 Å². The lowest BCUT2D eigenvalue weighted by molar-refractivity contribution is 0.235. The molecule has 1 aliphatic carbocycles. The van der Waals surface area contributed by atoms with Gasteiger partial charge in [-0.3, -0.25) is 0 Å². The number of aromatic nitrogens is 3. The molecule has 2 aliphatic rings. The van der Waals surface area contributed by atoms with Crippen molar-refractivity contribution in [3.8, 4) is 0 Å². The summed E-state index contributed by atoms with van der Waals surface area (Å²) in [7, 11) is 0. The van der Waals surface area contributed by atoms with Crippen molar-refractivity contribution in [1.82, 2.24) is 25.4 Å². The van der Waals surface area contributed by atoms with Gasteiger partial charge in [0.05, 0.1) is 0 Å². The van der Waals surface area contributed by atoms with Gasteiger partial charge in [0.15, 0.2) is 0 Å². The number of amides is 2. The van der Waals surface area contributed by atoms with Gasteiger partial charge >= 0.3 is 6.03 Å². The number of nitrogens with one attached hydrogen (secondary N) is 2. The highest BCUT2D eigenvalue weighted by Crippen LogP contribution is 2.39. The van der Waals surface area contributed by atoms with Crippen LogP contribution < -0.4 is 10.6 Å².